The number of carboxylic acids is 1. The molecule has 0 saturated carbocycles. The SMILES string of the molecule is COc1cc2c(cc1CN1C[C@@H](C(=O)O)CC[C@@H](N(C)C)C1)OCO2. The molecule has 0 radical (unpaired) electrons. The van der Waals surface area contributed by atoms with Crippen LogP contribution in [0.5, 0.6) is 17.2 Å². The first-order valence-corrected chi connectivity index (χ1v) is 8.56. The molecule has 0 unspecified atom stereocenters. The van der Waals surface area contributed by atoms with Gasteiger partial charge in [-0.15, -0.1) is 0 Å². The minimum atomic E-state index is -0.720. The van der Waals surface area contributed by atoms with Crippen molar-refractivity contribution in [1.82, 2.24) is 9.80 Å². The molecule has 1 N–H and O–H groups in total. The Balaban J connectivity index is 1.82. The number of benzene rings is 1. The monoisotopic (exact) mass is 350 g/mol. The van der Waals surface area contributed by atoms with Crippen molar-refractivity contribution in [2.45, 2.75) is 25.4 Å². The molecule has 25 heavy (non-hydrogen) atoms. The van der Waals surface area contributed by atoms with E-state index in [9.17, 15) is 9.90 Å². The van der Waals surface area contributed by atoms with Gasteiger partial charge in [-0.2, -0.15) is 0 Å². The molecule has 7 heteroatoms. The minimum absolute atomic E-state index is 0.218. The van der Waals surface area contributed by atoms with Gasteiger partial charge in [0.05, 0.1) is 13.0 Å². The number of likely N-dealkylation sites (tertiary alicyclic amines) is 1. The number of hydrogen-bond acceptors (Lipinski definition) is 6. The number of hydrogen-bond donors (Lipinski definition) is 1. The first-order chi connectivity index (χ1) is 12.0. The predicted molar refractivity (Wildman–Crippen MR) is 92.2 cm³/mol. The van der Waals surface area contributed by atoms with Gasteiger partial charge in [0.15, 0.2) is 11.5 Å². The van der Waals surface area contributed by atoms with Crippen molar-refractivity contribution in [3.63, 3.8) is 0 Å². The fraction of sp³-hybridized carbons (Fsp3) is 0.611. The van der Waals surface area contributed by atoms with Crippen molar-refractivity contribution in [3.05, 3.63) is 17.7 Å². The van der Waals surface area contributed by atoms with Crippen LogP contribution in [0.2, 0.25) is 0 Å². The molecule has 0 spiro atoms. The fourth-order valence-corrected chi connectivity index (χ4v) is 3.53. The minimum Gasteiger partial charge on any atom is -0.496 e. The van der Waals surface area contributed by atoms with E-state index in [1.165, 1.54) is 0 Å². The summed E-state index contributed by atoms with van der Waals surface area (Å²) in [7, 11) is 5.72. The van der Waals surface area contributed by atoms with Crippen LogP contribution in [-0.4, -0.2) is 68.0 Å². The Morgan fingerprint density at radius 3 is 2.64 bits per heavy atom. The summed E-state index contributed by atoms with van der Waals surface area (Å²) in [6, 6.07) is 4.12. The van der Waals surface area contributed by atoms with Gasteiger partial charge in [0.1, 0.15) is 5.75 Å². The third-order valence-electron chi connectivity index (χ3n) is 5.04. The number of ether oxygens (including phenoxy) is 3. The summed E-state index contributed by atoms with van der Waals surface area (Å²) in [6.07, 6.45) is 1.59. The highest BCUT2D eigenvalue weighted by Gasteiger charge is 2.30. The highest BCUT2D eigenvalue weighted by Crippen LogP contribution is 2.38. The second-order valence-corrected chi connectivity index (χ2v) is 6.94. The van der Waals surface area contributed by atoms with Crippen LogP contribution >= 0.6 is 0 Å². The molecule has 0 aliphatic carbocycles. The third kappa shape index (κ3) is 3.99. The summed E-state index contributed by atoms with van der Waals surface area (Å²) >= 11 is 0. The van der Waals surface area contributed by atoms with E-state index in [1.54, 1.807) is 7.11 Å². The second kappa shape index (κ2) is 7.49. The number of methoxy groups -OCH3 is 1. The number of nitrogens with zero attached hydrogens (tertiary/aromatic N) is 2. The summed E-state index contributed by atoms with van der Waals surface area (Å²) in [6.45, 7) is 2.20. The van der Waals surface area contributed by atoms with E-state index in [2.05, 4.69) is 9.80 Å². The maximum absolute atomic E-state index is 11.6. The fourth-order valence-electron chi connectivity index (χ4n) is 3.53. The van der Waals surface area contributed by atoms with E-state index in [1.807, 2.05) is 26.2 Å². The van der Waals surface area contributed by atoms with Gasteiger partial charge in [-0.05, 0) is 33.0 Å². The molecule has 1 fully saturated rings. The first-order valence-electron chi connectivity index (χ1n) is 8.56. The summed E-state index contributed by atoms with van der Waals surface area (Å²) in [5, 5.41) is 9.50. The highest BCUT2D eigenvalue weighted by atomic mass is 16.7. The Morgan fingerprint density at radius 2 is 2.00 bits per heavy atom. The molecule has 0 amide bonds. The average Bonchev–Trinajstić information content (AvgIpc) is 2.91. The van der Waals surface area contributed by atoms with Crippen LogP contribution in [0.15, 0.2) is 12.1 Å². The van der Waals surface area contributed by atoms with Crippen molar-refractivity contribution in [1.29, 1.82) is 0 Å². The van der Waals surface area contributed by atoms with Crippen molar-refractivity contribution in [3.8, 4) is 17.2 Å². The maximum atomic E-state index is 11.6. The van der Waals surface area contributed by atoms with Gasteiger partial charge in [0, 0.05) is 37.3 Å². The van der Waals surface area contributed by atoms with Gasteiger partial charge >= 0.3 is 5.97 Å². The molecular formula is C18H26N2O5. The number of fused-ring (bicyclic) bond motifs is 1. The summed E-state index contributed by atoms with van der Waals surface area (Å²) in [4.78, 5) is 15.9. The zero-order valence-corrected chi connectivity index (χ0v) is 15.0. The van der Waals surface area contributed by atoms with Crippen molar-refractivity contribution in [2.75, 3.05) is 41.1 Å². The molecule has 3 rings (SSSR count). The average molecular weight is 350 g/mol. The van der Waals surface area contributed by atoms with Crippen molar-refractivity contribution < 1.29 is 24.1 Å². The van der Waals surface area contributed by atoms with E-state index in [0.717, 1.165) is 24.3 Å². The topological polar surface area (TPSA) is 71.5 Å². The Morgan fingerprint density at radius 1 is 1.28 bits per heavy atom. The van der Waals surface area contributed by atoms with Crippen LogP contribution < -0.4 is 14.2 Å². The van der Waals surface area contributed by atoms with Gasteiger partial charge < -0.3 is 24.2 Å². The van der Waals surface area contributed by atoms with E-state index in [-0.39, 0.29) is 12.7 Å². The van der Waals surface area contributed by atoms with E-state index >= 15 is 0 Å². The predicted octanol–water partition coefficient (Wildman–Crippen LogP) is 1.65. The first kappa shape index (κ1) is 17.8. The lowest BCUT2D eigenvalue weighted by atomic mass is 10.0. The Bertz CT molecular complexity index is 634. The van der Waals surface area contributed by atoms with Gasteiger partial charge in [0.2, 0.25) is 6.79 Å². The van der Waals surface area contributed by atoms with Crippen molar-refractivity contribution in [2.24, 2.45) is 5.92 Å². The molecule has 7 nitrogen and oxygen atoms in total. The lowest BCUT2D eigenvalue weighted by Crippen LogP contribution is -2.39. The quantitative estimate of drug-likeness (QED) is 0.866. The standard InChI is InChI=1S/C18H26N2O5/c1-19(2)14-5-4-12(18(21)22)8-20(10-14)9-13-6-16-17(25-11-24-16)7-15(13)23-3/h6-7,12,14H,4-5,8-11H2,1-3H3,(H,21,22)/t12-,14+/m0/s1. The molecule has 2 aliphatic heterocycles. The molecule has 2 atom stereocenters. The Kier molecular flexibility index (Phi) is 5.34. The lowest BCUT2D eigenvalue weighted by Gasteiger charge is -2.29. The van der Waals surface area contributed by atoms with Crippen molar-refractivity contribution >= 4 is 5.97 Å². The molecule has 1 aromatic rings. The zero-order chi connectivity index (χ0) is 18.0. The molecule has 2 heterocycles. The number of carbonyl (C=O) groups is 1. The normalized spacial score (nSPS) is 23.5. The number of aliphatic carboxylic acids is 1. The number of carboxylic acid groups (broad SMARTS) is 1. The molecular weight excluding hydrogens is 324 g/mol. The molecule has 0 bridgehead atoms. The lowest BCUT2D eigenvalue weighted by molar-refractivity contribution is -0.142. The van der Waals surface area contributed by atoms with Crippen LogP contribution in [0.4, 0.5) is 0 Å². The zero-order valence-electron chi connectivity index (χ0n) is 15.0. The highest BCUT2D eigenvalue weighted by molar-refractivity contribution is 5.70. The number of rotatable bonds is 5. The summed E-state index contributed by atoms with van der Waals surface area (Å²) in [5.41, 5.74) is 0.982. The van der Waals surface area contributed by atoms with Crippen LogP contribution in [0.3, 0.4) is 0 Å². The molecule has 138 valence electrons. The molecule has 0 aromatic heterocycles. The smallest absolute Gasteiger partial charge is 0.307 e. The maximum Gasteiger partial charge on any atom is 0.307 e. The van der Waals surface area contributed by atoms with Gasteiger partial charge in [-0.3, -0.25) is 9.69 Å². The number of likely N-dealkylation sites (N-methyl/N-ethyl adjacent to an activating group) is 1. The molecule has 1 saturated heterocycles. The van der Waals surface area contributed by atoms with E-state index in [4.69, 9.17) is 14.2 Å². The Hall–Kier alpha value is -1.99. The van der Waals surface area contributed by atoms with Crippen LogP contribution in [0.1, 0.15) is 18.4 Å². The van der Waals surface area contributed by atoms with E-state index < -0.39 is 5.97 Å². The second-order valence-electron chi connectivity index (χ2n) is 6.94. The van der Waals surface area contributed by atoms with Crippen LogP contribution in [0.25, 0.3) is 0 Å². The van der Waals surface area contributed by atoms with Crippen LogP contribution in [0, 0.1) is 5.92 Å². The van der Waals surface area contributed by atoms with E-state index in [0.29, 0.717) is 37.1 Å². The van der Waals surface area contributed by atoms with Crippen LogP contribution in [-0.2, 0) is 11.3 Å². The summed E-state index contributed by atoms with van der Waals surface area (Å²) < 4.78 is 16.4. The summed E-state index contributed by atoms with van der Waals surface area (Å²) in [5.74, 6) is 1.07. The van der Waals surface area contributed by atoms with Gasteiger partial charge in [0.25, 0.3) is 0 Å². The van der Waals surface area contributed by atoms with Gasteiger partial charge in [-0.1, -0.05) is 0 Å². The molecule has 2 aliphatic rings. The Labute approximate surface area is 148 Å². The largest absolute Gasteiger partial charge is 0.496 e. The molecule has 1 aromatic carbocycles. The third-order valence-corrected chi connectivity index (χ3v) is 5.04. The van der Waals surface area contributed by atoms with Gasteiger partial charge in [-0.25, -0.2) is 0 Å².